The van der Waals surface area contributed by atoms with Gasteiger partial charge in [0.25, 0.3) is 0 Å². The predicted molar refractivity (Wildman–Crippen MR) is 83.9 cm³/mol. The topological polar surface area (TPSA) is 26.3 Å². The van der Waals surface area contributed by atoms with Crippen molar-refractivity contribution in [3.05, 3.63) is 34.3 Å². The van der Waals surface area contributed by atoms with E-state index in [0.717, 1.165) is 41.9 Å². The van der Waals surface area contributed by atoms with Gasteiger partial charge in [0.1, 0.15) is 0 Å². The molecule has 1 spiro atoms. The van der Waals surface area contributed by atoms with Crippen molar-refractivity contribution in [2.45, 2.75) is 31.8 Å². The Morgan fingerprint density at radius 2 is 2.35 bits per heavy atom. The van der Waals surface area contributed by atoms with Gasteiger partial charge in [0, 0.05) is 28.9 Å². The van der Waals surface area contributed by atoms with E-state index in [1.807, 2.05) is 36.9 Å². The zero-order valence-corrected chi connectivity index (χ0v) is 13.2. The quantitative estimate of drug-likeness (QED) is 0.768. The number of carbonyl (C=O) groups is 1. The highest BCUT2D eigenvalue weighted by Crippen LogP contribution is 2.41. The standard InChI is InChI=1S/C16H19ClO2S/c1-11-2-3-12(8-14(11)17)15(18)13-4-6-19-16(9-13)5-7-20-10-16/h2-3,8,13H,4-7,9-10H2,1H3. The van der Waals surface area contributed by atoms with Crippen molar-refractivity contribution < 1.29 is 9.53 Å². The van der Waals surface area contributed by atoms with Crippen molar-refractivity contribution in [1.29, 1.82) is 0 Å². The molecule has 2 fully saturated rings. The van der Waals surface area contributed by atoms with Gasteiger partial charge in [0.15, 0.2) is 5.78 Å². The van der Waals surface area contributed by atoms with Crippen molar-refractivity contribution in [1.82, 2.24) is 0 Å². The minimum absolute atomic E-state index is 0.0439. The summed E-state index contributed by atoms with van der Waals surface area (Å²) >= 11 is 8.07. The highest BCUT2D eigenvalue weighted by Gasteiger charge is 2.42. The molecule has 0 bridgehead atoms. The molecule has 0 aromatic heterocycles. The summed E-state index contributed by atoms with van der Waals surface area (Å²) in [4.78, 5) is 12.7. The monoisotopic (exact) mass is 310 g/mol. The van der Waals surface area contributed by atoms with Crippen LogP contribution in [0, 0.1) is 12.8 Å². The first kappa shape index (κ1) is 14.4. The van der Waals surface area contributed by atoms with E-state index in [0.29, 0.717) is 11.6 Å². The minimum atomic E-state index is -0.0439. The molecule has 2 saturated heterocycles. The number of carbonyl (C=O) groups excluding carboxylic acids is 1. The third-order valence-corrected chi connectivity index (χ3v) is 6.02. The van der Waals surface area contributed by atoms with E-state index in [9.17, 15) is 4.79 Å². The van der Waals surface area contributed by atoms with Gasteiger partial charge in [0.2, 0.25) is 0 Å². The fourth-order valence-electron chi connectivity index (χ4n) is 3.10. The minimum Gasteiger partial charge on any atom is -0.374 e. The normalized spacial score (nSPS) is 29.8. The predicted octanol–water partition coefficient (Wildman–Crippen LogP) is 4.13. The highest BCUT2D eigenvalue weighted by atomic mass is 35.5. The van der Waals surface area contributed by atoms with Gasteiger partial charge in [-0.1, -0.05) is 23.7 Å². The maximum Gasteiger partial charge on any atom is 0.166 e. The number of rotatable bonds is 2. The molecule has 0 radical (unpaired) electrons. The number of Topliss-reactive ketones (excluding diaryl/α,β-unsaturated/α-hetero) is 1. The largest absolute Gasteiger partial charge is 0.374 e. The molecule has 0 amide bonds. The second kappa shape index (κ2) is 5.70. The first-order chi connectivity index (χ1) is 9.60. The number of aryl methyl sites for hydroxylation is 1. The van der Waals surface area contributed by atoms with Crippen LogP contribution in [0.25, 0.3) is 0 Å². The molecule has 2 atom stereocenters. The molecule has 2 nitrogen and oxygen atoms in total. The summed E-state index contributed by atoms with van der Waals surface area (Å²) in [5.41, 5.74) is 1.71. The number of benzene rings is 1. The van der Waals surface area contributed by atoms with E-state index in [1.165, 1.54) is 0 Å². The number of ketones is 1. The Morgan fingerprint density at radius 1 is 1.50 bits per heavy atom. The molecule has 108 valence electrons. The highest BCUT2D eigenvalue weighted by molar-refractivity contribution is 7.99. The van der Waals surface area contributed by atoms with Crippen LogP contribution in [-0.2, 0) is 4.74 Å². The van der Waals surface area contributed by atoms with Crippen LogP contribution in [-0.4, -0.2) is 29.5 Å². The van der Waals surface area contributed by atoms with Crippen molar-refractivity contribution in [2.24, 2.45) is 5.92 Å². The van der Waals surface area contributed by atoms with Crippen LogP contribution in [0.3, 0.4) is 0 Å². The molecule has 2 aliphatic rings. The van der Waals surface area contributed by atoms with E-state index in [2.05, 4.69) is 0 Å². The number of hydrogen-bond acceptors (Lipinski definition) is 3. The molecule has 1 aromatic carbocycles. The van der Waals surface area contributed by atoms with Crippen molar-refractivity contribution in [2.75, 3.05) is 18.1 Å². The van der Waals surface area contributed by atoms with Crippen molar-refractivity contribution >= 4 is 29.1 Å². The molecule has 0 aliphatic carbocycles. The van der Waals surface area contributed by atoms with E-state index >= 15 is 0 Å². The van der Waals surface area contributed by atoms with E-state index in [4.69, 9.17) is 16.3 Å². The van der Waals surface area contributed by atoms with Crippen LogP contribution >= 0.6 is 23.4 Å². The lowest BCUT2D eigenvalue weighted by atomic mass is 9.81. The first-order valence-electron chi connectivity index (χ1n) is 7.12. The summed E-state index contributed by atoms with van der Waals surface area (Å²) in [5.74, 6) is 2.50. The Kier molecular flexibility index (Phi) is 4.11. The number of hydrogen-bond donors (Lipinski definition) is 0. The number of thioether (sulfide) groups is 1. The van der Waals surface area contributed by atoms with Gasteiger partial charge in [0.05, 0.1) is 5.60 Å². The summed E-state index contributed by atoms with van der Waals surface area (Å²) < 4.78 is 5.99. The maximum absolute atomic E-state index is 12.7. The lowest BCUT2D eigenvalue weighted by Gasteiger charge is -2.37. The van der Waals surface area contributed by atoms with Gasteiger partial charge in [-0.05, 0) is 43.6 Å². The lowest BCUT2D eigenvalue weighted by molar-refractivity contribution is -0.0734. The summed E-state index contributed by atoms with van der Waals surface area (Å²) in [6.45, 7) is 2.66. The van der Waals surface area contributed by atoms with Crippen LogP contribution < -0.4 is 0 Å². The van der Waals surface area contributed by atoms with Crippen molar-refractivity contribution in [3.63, 3.8) is 0 Å². The summed E-state index contributed by atoms with van der Waals surface area (Å²) in [6.07, 6.45) is 2.77. The fourth-order valence-corrected chi connectivity index (χ4v) is 4.66. The molecule has 2 aliphatic heterocycles. The van der Waals surface area contributed by atoms with Crippen LogP contribution in [0.1, 0.15) is 35.2 Å². The Hall–Kier alpha value is -0.510. The Bertz CT molecular complexity index is 523. The molecule has 2 unspecified atom stereocenters. The molecular weight excluding hydrogens is 292 g/mol. The second-order valence-electron chi connectivity index (χ2n) is 5.85. The SMILES string of the molecule is Cc1ccc(C(=O)C2CCOC3(CCSC3)C2)cc1Cl. The van der Waals surface area contributed by atoms with Gasteiger partial charge in [-0.2, -0.15) is 11.8 Å². The zero-order valence-electron chi connectivity index (χ0n) is 11.7. The summed E-state index contributed by atoms with van der Waals surface area (Å²) in [5, 5.41) is 0.675. The van der Waals surface area contributed by atoms with Gasteiger partial charge >= 0.3 is 0 Å². The first-order valence-corrected chi connectivity index (χ1v) is 8.65. The molecule has 3 rings (SSSR count). The van der Waals surface area contributed by atoms with Crippen LogP contribution in [0.5, 0.6) is 0 Å². The van der Waals surface area contributed by atoms with Gasteiger partial charge < -0.3 is 4.74 Å². The second-order valence-corrected chi connectivity index (χ2v) is 7.36. The number of halogens is 1. The van der Waals surface area contributed by atoms with E-state index in [-0.39, 0.29) is 17.3 Å². The molecular formula is C16H19ClO2S. The smallest absolute Gasteiger partial charge is 0.166 e. The van der Waals surface area contributed by atoms with Crippen LogP contribution in [0.15, 0.2) is 18.2 Å². The molecule has 0 saturated carbocycles. The van der Waals surface area contributed by atoms with E-state index < -0.39 is 0 Å². The van der Waals surface area contributed by atoms with Gasteiger partial charge in [-0.15, -0.1) is 0 Å². The lowest BCUT2D eigenvalue weighted by Crippen LogP contribution is -2.42. The van der Waals surface area contributed by atoms with Crippen molar-refractivity contribution in [3.8, 4) is 0 Å². The third kappa shape index (κ3) is 2.76. The third-order valence-electron chi connectivity index (χ3n) is 4.39. The molecule has 4 heteroatoms. The molecule has 2 heterocycles. The molecule has 0 N–H and O–H groups in total. The Morgan fingerprint density at radius 3 is 3.05 bits per heavy atom. The summed E-state index contributed by atoms with van der Waals surface area (Å²) in [6, 6.07) is 5.63. The average Bonchev–Trinajstić information content (AvgIpc) is 2.89. The van der Waals surface area contributed by atoms with Crippen LogP contribution in [0.4, 0.5) is 0 Å². The van der Waals surface area contributed by atoms with Gasteiger partial charge in [-0.3, -0.25) is 4.79 Å². The number of ether oxygens (including phenoxy) is 1. The fraction of sp³-hybridized carbons (Fsp3) is 0.562. The van der Waals surface area contributed by atoms with Gasteiger partial charge in [-0.25, -0.2) is 0 Å². The Labute approximate surface area is 129 Å². The zero-order chi connectivity index (χ0) is 14.2. The van der Waals surface area contributed by atoms with Crippen LogP contribution in [0.2, 0.25) is 5.02 Å². The molecule has 20 heavy (non-hydrogen) atoms. The Balaban J connectivity index is 1.77. The maximum atomic E-state index is 12.7. The molecule has 1 aromatic rings. The average molecular weight is 311 g/mol. The van der Waals surface area contributed by atoms with E-state index in [1.54, 1.807) is 0 Å². The summed E-state index contributed by atoms with van der Waals surface area (Å²) in [7, 11) is 0.